The third-order valence-electron chi connectivity index (χ3n) is 3.74. The maximum Gasteiger partial charge on any atom is 0.307 e. The van der Waals surface area contributed by atoms with Gasteiger partial charge in [0.05, 0.1) is 13.2 Å². The first-order valence-electron chi connectivity index (χ1n) is 7.50. The fraction of sp³-hybridized carbons (Fsp3) is 0.412. The minimum Gasteiger partial charge on any atom is -0.497 e. The predicted molar refractivity (Wildman–Crippen MR) is 92.0 cm³/mol. The van der Waals surface area contributed by atoms with E-state index in [0.717, 1.165) is 28.3 Å². The van der Waals surface area contributed by atoms with Crippen LogP contribution < -0.4 is 14.9 Å². The Balaban J connectivity index is 2.12. The van der Waals surface area contributed by atoms with Gasteiger partial charge in [-0.05, 0) is 30.5 Å². The molecule has 23 heavy (non-hydrogen) atoms. The first-order valence-corrected chi connectivity index (χ1v) is 8.38. The zero-order valence-corrected chi connectivity index (χ0v) is 14.6. The second-order valence-corrected chi connectivity index (χ2v) is 6.61. The van der Waals surface area contributed by atoms with Gasteiger partial charge < -0.3 is 10.1 Å². The molecule has 0 aliphatic heterocycles. The molecule has 0 saturated heterocycles. The number of carbonyl (C=O) groups excluding carboxylic acids is 1. The first-order chi connectivity index (χ1) is 10.9. The van der Waals surface area contributed by atoms with Crippen LogP contribution in [0.2, 0.25) is 0 Å². The third kappa shape index (κ3) is 4.22. The minimum absolute atomic E-state index is 0.0491. The van der Waals surface area contributed by atoms with Gasteiger partial charge in [-0.1, -0.05) is 37.3 Å². The number of amides is 1. The molecule has 5 nitrogen and oxygen atoms in total. The van der Waals surface area contributed by atoms with E-state index in [1.54, 1.807) is 12.5 Å². The van der Waals surface area contributed by atoms with E-state index in [0.29, 0.717) is 0 Å². The van der Waals surface area contributed by atoms with Crippen LogP contribution in [0.4, 0.5) is 0 Å². The Bertz CT molecular complexity index is 716. The Labute approximate surface area is 139 Å². The topological polar surface area (TPSA) is 60.3 Å². The van der Waals surface area contributed by atoms with E-state index in [4.69, 9.17) is 4.74 Å². The molecule has 0 saturated carbocycles. The summed E-state index contributed by atoms with van der Waals surface area (Å²) in [7, 11) is 1.62. The molecule has 1 heterocycles. The van der Waals surface area contributed by atoms with E-state index in [1.807, 2.05) is 31.2 Å². The van der Waals surface area contributed by atoms with Crippen molar-refractivity contribution in [3.05, 3.63) is 50.6 Å². The van der Waals surface area contributed by atoms with Gasteiger partial charge in [-0.25, -0.2) is 0 Å². The molecule has 1 N–H and O–H groups in total. The van der Waals surface area contributed by atoms with E-state index >= 15 is 0 Å². The molecule has 2 rings (SSSR count). The van der Waals surface area contributed by atoms with Crippen LogP contribution in [0.15, 0.2) is 34.4 Å². The van der Waals surface area contributed by atoms with Crippen LogP contribution in [0.1, 0.15) is 31.1 Å². The molecule has 1 atom stereocenters. The van der Waals surface area contributed by atoms with Crippen molar-refractivity contribution < 1.29 is 9.53 Å². The van der Waals surface area contributed by atoms with Gasteiger partial charge in [0.2, 0.25) is 5.91 Å². The largest absolute Gasteiger partial charge is 0.497 e. The summed E-state index contributed by atoms with van der Waals surface area (Å²) in [6.07, 6.45) is 0. The Morgan fingerprint density at radius 3 is 2.43 bits per heavy atom. The highest BCUT2D eigenvalue weighted by Gasteiger charge is 2.19. The highest BCUT2D eigenvalue weighted by atomic mass is 32.1. The number of rotatable bonds is 6. The number of hydrogen-bond donors (Lipinski definition) is 1. The number of nitrogens with one attached hydrogen (secondary N) is 1. The lowest BCUT2D eigenvalue weighted by Gasteiger charge is -2.23. The third-order valence-corrected chi connectivity index (χ3v) is 4.62. The summed E-state index contributed by atoms with van der Waals surface area (Å²) in [5.74, 6) is 0.846. The first kappa shape index (κ1) is 17.3. The Morgan fingerprint density at radius 1 is 1.30 bits per heavy atom. The van der Waals surface area contributed by atoms with Crippen LogP contribution in [-0.4, -0.2) is 17.6 Å². The number of aromatic nitrogens is 1. The number of carbonyl (C=O) groups is 1. The number of methoxy groups -OCH3 is 1. The lowest BCUT2D eigenvalue weighted by Crippen LogP contribution is -2.36. The summed E-state index contributed by atoms with van der Waals surface area (Å²) in [6, 6.07) is 7.55. The lowest BCUT2D eigenvalue weighted by atomic mass is 9.96. The molecular weight excluding hydrogens is 312 g/mol. The molecule has 1 amide bonds. The van der Waals surface area contributed by atoms with E-state index in [1.165, 1.54) is 4.57 Å². The van der Waals surface area contributed by atoms with Gasteiger partial charge in [0.15, 0.2) is 0 Å². The van der Waals surface area contributed by atoms with Gasteiger partial charge in [0.1, 0.15) is 12.3 Å². The summed E-state index contributed by atoms with van der Waals surface area (Å²) in [5, 5.41) is 4.79. The number of hydrogen-bond acceptors (Lipinski definition) is 4. The van der Waals surface area contributed by atoms with E-state index in [2.05, 4.69) is 19.2 Å². The lowest BCUT2D eigenvalue weighted by molar-refractivity contribution is -0.122. The van der Waals surface area contributed by atoms with Crippen LogP contribution in [0, 0.1) is 12.8 Å². The molecule has 0 aliphatic carbocycles. The van der Waals surface area contributed by atoms with E-state index < -0.39 is 0 Å². The van der Waals surface area contributed by atoms with Crippen molar-refractivity contribution in [3.63, 3.8) is 0 Å². The van der Waals surface area contributed by atoms with Gasteiger partial charge >= 0.3 is 4.87 Å². The molecule has 6 heteroatoms. The number of benzene rings is 1. The van der Waals surface area contributed by atoms with Crippen LogP contribution in [-0.2, 0) is 11.3 Å². The van der Waals surface area contributed by atoms with Crippen molar-refractivity contribution in [2.24, 2.45) is 5.92 Å². The monoisotopic (exact) mass is 334 g/mol. The number of ether oxygens (including phenoxy) is 1. The minimum atomic E-state index is -0.164. The maximum absolute atomic E-state index is 12.3. The summed E-state index contributed by atoms with van der Waals surface area (Å²) >= 11 is 1.11. The smallest absolute Gasteiger partial charge is 0.307 e. The van der Waals surface area contributed by atoms with Crippen molar-refractivity contribution in [2.45, 2.75) is 33.4 Å². The average Bonchev–Trinajstić information content (AvgIpc) is 2.84. The highest BCUT2D eigenvalue weighted by Crippen LogP contribution is 2.23. The van der Waals surface area contributed by atoms with Crippen LogP contribution in [0.3, 0.4) is 0 Å². The summed E-state index contributed by atoms with van der Waals surface area (Å²) in [5.41, 5.74) is 1.82. The number of aryl methyl sites for hydroxylation is 1. The van der Waals surface area contributed by atoms with Gasteiger partial charge in [-0.15, -0.1) is 0 Å². The normalized spacial score (nSPS) is 12.2. The van der Waals surface area contributed by atoms with Crippen molar-refractivity contribution in [2.75, 3.05) is 7.11 Å². The zero-order chi connectivity index (χ0) is 17.0. The molecule has 1 aromatic heterocycles. The average molecular weight is 334 g/mol. The standard InChI is InChI=1S/C17H22N2O3S/c1-11(2)16(13-5-7-14(22-4)8-6-13)18-15(20)9-19-12(3)10-23-17(19)21/h5-8,10-11,16H,9H2,1-4H3,(H,18,20). The molecule has 0 aliphatic rings. The van der Waals surface area contributed by atoms with E-state index in [9.17, 15) is 9.59 Å². The number of nitrogens with zero attached hydrogens (tertiary/aromatic N) is 1. The van der Waals surface area contributed by atoms with Gasteiger partial charge in [-0.3, -0.25) is 14.2 Å². The molecule has 0 bridgehead atoms. The molecule has 0 radical (unpaired) electrons. The van der Waals surface area contributed by atoms with Crippen LogP contribution in [0.5, 0.6) is 5.75 Å². The Hall–Kier alpha value is -2.08. The van der Waals surface area contributed by atoms with Gasteiger partial charge in [0, 0.05) is 11.1 Å². The fourth-order valence-corrected chi connectivity index (χ4v) is 3.14. The second-order valence-electron chi connectivity index (χ2n) is 5.79. The predicted octanol–water partition coefficient (Wildman–Crippen LogP) is 2.74. The van der Waals surface area contributed by atoms with Crippen LogP contribution in [0.25, 0.3) is 0 Å². The molecule has 0 spiro atoms. The Kier molecular flexibility index (Phi) is 5.60. The summed E-state index contributed by atoms with van der Waals surface area (Å²) in [6.45, 7) is 5.98. The quantitative estimate of drug-likeness (QED) is 0.883. The second kappa shape index (κ2) is 7.46. The zero-order valence-electron chi connectivity index (χ0n) is 13.8. The molecule has 124 valence electrons. The molecular formula is C17H22N2O3S. The maximum atomic E-state index is 12.3. The Morgan fingerprint density at radius 2 is 1.96 bits per heavy atom. The van der Waals surface area contributed by atoms with Crippen molar-refractivity contribution >= 4 is 17.2 Å². The molecule has 1 unspecified atom stereocenters. The van der Waals surface area contributed by atoms with Gasteiger partial charge in [-0.2, -0.15) is 0 Å². The molecule has 0 fully saturated rings. The summed E-state index contributed by atoms with van der Waals surface area (Å²) < 4.78 is 6.65. The molecule has 1 aromatic carbocycles. The van der Waals surface area contributed by atoms with Gasteiger partial charge in [0.25, 0.3) is 0 Å². The molecule has 2 aromatic rings. The fourth-order valence-electron chi connectivity index (χ4n) is 2.41. The van der Waals surface area contributed by atoms with Crippen LogP contribution >= 0.6 is 11.3 Å². The highest BCUT2D eigenvalue weighted by molar-refractivity contribution is 7.07. The van der Waals surface area contributed by atoms with Crippen molar-refractivity contribution in [1.29, 1.82) is 0 Å². The number of thiazole rings is 1. The SMILES string of the molecule is COc1ccc(C(NC(=O)Cn2c(C)csc2=O)C(C)C)cc1. The summed E-state index contributed by atoms with van der Waals surface area (Å²) in [4.78, 5) is 24.0. The van der Waals surface area contributed by atoms with E-state index in [-0.39, 0.29) is 29.3 Å². The van der Waals surface area contributed by atoms with Crippen molar-refractivity contribution in [3.8, 4) is 5.75 Å². The van der Waals surface area contributed by atoms with Crippen molar-refractivity contribution in [1.82, 2.24) is 9.88 Å².